The van der Waals surface area contributed by atoms with Gasteiger partial charge in [-0.25, -0.2) is 0 Å². The van der Waals surface area contributed by atoms with Gasteiger partial charge in [0.2, 0.25) is 5.91 Å². The minimum Gasteiger partial charge on any atom is -0.479 e. The molecule has 2 aromatic rings. The Balaban J connectivity index is 1.98. The van der Waals surface area contributed by atoms with Crippen LogP contribution in [-0.4, -0.2) is 12.5 Å². The van der Waals surface area contributed by atoms with Gasteiger partial charge in [-0.1, -0.05) is 29.8 Å². The summed E-state index contributed by atoms with van der Waals surface area (Å²) < 4.78 is 5.16. The minimum atomic E-state index is -0.236. The molecule has 116 valence electrons. The van der Waals surface area contributed by atoms with Crippen LogP contribution in [0.25, 0.3) is 6.08 Å². The standard InChI is InChI=1S/C18H15ClN2O2/c1-13-16(19)3-2-4-17(13)21-18(22)10-7-14-5-8-15(9-6-14)23-12-11-20/h2-10H,12H2,1H3,(H,21,22)/b10-7+. The van der Waals surface area contributed by atoms with Crippen molar-refractivity contribution in [1.29, 1.82) is 5.26 Å². The van der Waals surface area contributed by atoms with E-state index < -0.39 is 0 Å². The van der Waals surface area contributed by atoms with E-state index in [0.29, 0.717) is 16.5 Å². The first kappa shape index (κ1) is 16.6. The lowest BCUT2D eigenvalue weighted by Crippen LogP contribution is -2.08. The molecule has 0 fully saturated rings. The van der Waals surface area contributed by atoms with Gasteiger partial charge in [0.25, 0.3) is 0 Å². The monoisotopic (exact) mass is 326 g/mol. The van der Waals surface area contributed by atoms with E-state index in [1.807, 2.05) is 13.0 Å². The van der Waals surface area contributed by atoms with Crippen LogP contribution < -0.4 is 10.1 Å². The minimum absolute atomic E-state index is 0.0105. The molecule has 0 aromatic heterocycles. The third kappa shape index (κ3) is 4.87. The van der Waals surface area contributed by atoms with Crippen molar-refractivity contribution in [2.45, 2.75) is 6.92 Å². The van der Waals surface area contributed by atoms with E-state index in [1.165, 1.54) is 6.08 Å². The maximum absolute atomic E-state index is 12.0. The molecule has 0 saturated carbocycles. The summed E-state index contributed by atoms with van der Waals surface area (Å²) in [4.78, 5) is 12.0. The lowest BCUT2D eigenvalue weighted by molar-refractivity contribution is -0.111. The number of nitrogens with zero attached hydrogens (tertiary/aromatic N) is 1. The van der Waals surface area contributed by atoms with E-state index in [1.54, 1.807) is 48.5 Å². The number of rotatable bonds is 5. The average Bonchev–Trinajstić information content (AvgIpc) is 2.56. The van der Waals surface area contributed by atoms with E-state index in [-0.39, 0.29) is 12.5 Å². The molecule has 23 heavy (non-hydrogen) atoms. The molecule has 4 nitrogen and oxygen atoms in total. The molecule has 5 heteroatoms. The number of anilines is 1. The summed E-state index contributed by atoms with van der Waals surface area (Å²) in [5.41, 5.74) is 2.37. The van der Waals surface area contributed by atoms with Crippen LogP contribution in [0.2, 0.25) is 5.02 Å². The Hall–Kier alpha value is -2.77. The zero-order valence-corrected chi connectivity index (χ0v) is 13.3. The quantitative estimate of drug-likeness (QED) is 0.837. The number of carbonyl (C=O) groups is 1. The highest BCUT2D eigenvalue weighted by atomic mass is 35.5. The third-order valence-corrected chi connectivity index (χ3v) is 3.55. The molecule has 0 aliphatic heterocycles. The lowest BCUT2D eigenvalue weighted by Gasteiger charge is -2.07. The van der Waals surface area contributed by atoms with Crippen molar-refractivity contribution in [3.05, 3.63) is 64.7 Å². The van der Waals surface area contributed by atoms with Crippen LogP contribution >= 0.6 is 11.6 Å². The number of benzene rings is 2. The van der Waals surface area contributed by atoms with Crippen molar-refractivity contribution < 1.29 is 9.53 Å². The normalized spacial score (nSPS) is 10.3. The van der Waals surface area contributed by atoms with Gasteiger partial charge in [0.15, 0.2) is 6.61 Å². The van der Waals surface area contributed by atoms with Crippen molar-refractivity contribution in [3.63, 3.8) is 0 Å². The first-order chi connectivity index (χ1) is 11.1. The van der Waals surface area contributed by atoms with Crippen molar-refractivity contribution in [1.82, 2.24) is 0 Å². The Bertz CT molecular complexity index is 762. The van der Waals surface area contributed by atoms with E-state index in [2.05, 4.69) is 5.32 Å². The van der Waals surface area contributed by atoms with Gasteiger partial charge in [-0.2, -0.15) is 5.26 Å². The third-order valence-electron chi connectivity index (χ3n) is 3.14. The highest BCUT2D eigenvalue weighted by Crippen LogP contribution is 2.22. The molecular weight excluding hydrogens is 312 g/mol. The van der Waals surface area contributed by atoms with Gasteiger partial charge in [-0.05, 0) is 48.4 Å². The fraction of sp³-hybridized carbons (Fsp3) is 0.111. The van der Waals surface area contributed by atoms with Gasteiger partial charge >= 0.3 is 0 Å². The second-order valence-corrected chi connectivity index (χ2v) is 5.16. The molecule has 1 amide bonds. The first-order valence-corrected chi connectivity index (χ1v) is 7.32. The summed E-state index contributed by atoms with van der Waals surface area (Å²) >= 11 is 6.02. The van der Waals surface area contributed by atoms with Crippen molar-refractivity contribution in [2.75, 3.05) is 11.9 Å². The predicted octanol–water partition coefficient (Wildman–Crippen LogP) is 4.20. The molecule has 0 unspecified atom stereocenters. The fourth-order valence-corrected chi connectivity index (χ4v) is 2.05. The molecule has 0 bridgehead atoms. The summed E-state index contributed by atoms with van der Waals surface area (Å²) in [5, 5.41) is 11.8. The van der Waals surface area contributed by atoms with Crippen LogP contribution in [0.5, 0.6) is 5.75 Å². The second-order valence-electron chi connectivity index (χ2n) is 4.75. The molecule has 2 aromatic carbocycles. The van der Waals surface area contributed by atoms with Crippen LogP contribution in [0, 0.1) is 18.3 Å². The molecule has 0 spiro atoms. The number of carbonyl (C=O) groups excluding carboxylic acids is 1. The summed E-state index contributed by atoms with van der Waals surface area (Å²) in [5.74, 6) is 0.378. The highest BCUT2D eigenvalue weighted by Gasteiger charge is 2.04. The maximum Gasteiger partial charge on any atom is 0.248 e. The molecule has 0 aliphatic carbocycles. The van der Waals surface area contributed by atoms with Gasteiger partial charge in [-0.15, -0.1) is 0 Å². The van der Waals surface area contributed by atoms with Gasteiger partial charge in [0, 0.05) is 16.8 Å². The largest absolute Gasteiger partial charge is 0.479 e. The number of hydrogen-bond donors (Lipinski definition) is 1. The number of nitrogens with one attached hydrogen (secondary N) is 1. The SMILES string of the molecule is Cc1c(Cl)cccc1NC(=O)/C=C/c1ccc(OCC#N)cc1. The number of halogens is 1. The summed E-state index contributed by atoms with van der Waals surface area (Å²) in [7, 11) is 0. The summed E-state index contributed by atoms with van der Waals surface area (Å²) in [6, 6.07) is 14.4. The van der Waals surface area contributed by atoms with Crippen LogP contribution in [0.4, 0.5) is 5.69 Å². The molecule has 0 atom stereocenters. The Kier molecular flexibility index (Phi) is 5.79. The number of amides is 1. The summed E-state index contributed by atoms with van der Waals surface area (Å²) in [6.07, 6.45) is 3.15. The fourth-order valence-electron chi connectivity index (χ4n) is 1.88. The summed E-state index contributed by atoms with van der Waals surface area (Å²) in [6.45, 7) is 1.86. The van der Waals surface area contributed by atoms with Crippen LogP contribution in [-0.2, 0) is 4.79 Å². The van der Waals surface area contributed by atoms with Crippen molar-refractivity contribution in [2.24, 2.45) is 0 Å². The lowest BCUT2D eigenvalue weighted by atomic mass is 10.2. The van der Waals surface area contributed by atoms with Crippen molar-refractivity contribution in [3.8, 4) is 11.8 Å². The zero-order chi connectivity index (χ0) is 16.7. The van der Waals surface area contributed by atoms with Gasteiger partial charge < -0.3 is 10.1 Å². The molecule has 1 N–H and O–H groups in total. The van der Waals surface area contributed by atoms with E-state index in [0.717, 1.165) is 11.1 Å². The Morgan fingerprint density at radius 2 is 2.04 bits per heavy atom. The predicted molar refractivity (Wildman–Crippen MR) is 91.4 cm³/mol. The van der Waals surface area contributed by atoms with Crippen LogP contribution in [0.1, 0.15) is 11.1 Å². The van der Waals surface area contributed by atoms with Crippen molar-refractivity contribution >= 4 is 29.3 Å². The molecule has 0 heterocycles. The number of ether oxygens (including phenoxy) is 1. The zero-order valence-electron chi connectivity index (χ0n) is 12.5. The Morgan fingerprint density at radius 1 is 1.30 bits per heavy atom. The van der Waals surface area contributed by atoms with Crippen LogP contribution in [0.15, 0.2) is 48.5 Å². The van der Waals surface area contributed by atoms with Gasteiger partial charge in [0.05, 0.1) is 0 Å². The van der Waals surface area contributed by atoms with E-state index in [9.17, 15) is 4.79 Å². The van der Waals surface area contributed by atoms with Crippen LogP contribution in [0.3, 0.4) is 0 Å². The van der Waals surface area contributed by atoms with E-state index in [4.69, 9.17) is 21.6 Å². The van der Waals surface area contributed by atoms with Gasteiger partial charge in [0.1, 0.15) is 11.8 Å². The smallest absolute Gasteiger partial charge is 0.248 e. The second kappa shape index (κ2) is 8.02. The Labute approximate surface area is 140 Å². The Morgan fingerprint density at radius 3 is 2.74 bits per heavy atom. The first-order valence-electron chi connectivity index (χ1n) is 6.94. The highest BCUT2D eigenvalue weighted by molar-refractivity contribution is 6.31. The molecule has 0 radical (unpaired) electrons. The number of nitriles is 1. The van der Waals surface area contributed by atoms with Gasteiger partial charge in [-0.3, -0.25) is 4.79 Å². The molecule has 2 rings (SSSR count). The topological polar surface area (TPSA) is 62.1 Å². The van der Waals surface area contributed by atoms with E-state index >= 15 is 0 Å². The molecular formula is C18H15ClN2O2. The molecule has 0 saturated heterocycles. The molecule has 0 aliphatic rings. The maximum atomic E-state index is 12.0. The number of hydrogen-bond acceptors (Lipinski definition) is 3. The average molecular weight is 327 g/mol.